The molecular formula is C14H21N3O4. The van der Waals surface area contributed by atoms with Gasteiger partial charge in [-0.2, -0.15) is 0 Å². The number of amides is 3. The molecule has 0 atom stereocenters. The Bertz CT molecular complexity index is 489. The molecule has 0 aliphatic rings. The van der Waals surface area contributed by atoms with Crippen molar-refractivity contribution in [2.45, 2.75) is 32.7 Å². The van der Waals surface area contributed by atoms with E-state index in [1.54, 1.807) is 6.07 Å². The molecular weight excluding hydrogens is 274 g/mol. The van der Waals surface area contributed by atoms with E-state index in [4.69, 9.17) is 4.42 Å². The van der Waals surface area contributed by atoms with E-state index in [-0.39, 0.29) is 48.5 Å². The summed E-state index contributed by atoms with van der Waals surface area (Å²) < 4.78 is 4.91. The van der Waals surface area contributed by atoms with Crippen molar-refractivity contribution in [3.63, 3.8) is 0 Å². The summed E-state index contributed by atoms with van der Waals surface area (Å²) in [6.07, 6.45) is 1.49. The summed E-state index contributed by atoms with van der Waals surface area (Å²) in [5.74, 6) is -0.743. The van der Waals surface area contributed by atoms with Crippen LogP contribution in [0.1, 0.15) is 37.7 Å². The summed E-state index contributed by atoms with van der Waals surface area (Å²) in [5.41, 5.74) is -0.334. The van der Waals surface area contributed by atoms with E-state index in [1.807, 2.05) is 20.8 Å². The molecule has 0 saturated heterocycles. The van der Waals surface area contributed by atoms with E-state index in [9.17, 15) is 14.4 Å². The van der Waals surface area contributed by atoms with Crippen molar-refractivity contribution < 1.29 is 18.8 Å². The Kier molecular flexibility index (Phi) is 5.95. The first-order chi connectivity index (χ1) is 9.78. The van der Waals surface area contributed by atoms with Gasteiger partial charge in [0.15, 0.2) is 5.76 Å². The summed E-state index contributed by atoms with van der Waals surface area (Å²) >= 11 is 0. The van der Waals surface area contributed by atoms with Crippen molar-refractivity contribution >= 4 is 17.7 Å². The predicted octanol–water partition coefficient (Wildman–Crippen LogP) is 0.430. The maximum atomic E-state index is 11.5. The van der Waals surface area contributed by atoms with E-state index in [0.717, 1.165) is 0 Å². The third kappa shape index (κ3) is 7.14. The van der Waals surface area contributed by atoms with Crippen LogP contribution < -0.4 is 16.0 Å². The molecule has 3 N–H and O–H groups in total. The highest BCUT2D eigenvalue weighted by Gasteiger charge is 2.14. The number of carbonyl (C=O) groups is 3. The maximum Gasteiger partial charge on any atom is 0.286 e. The van der Waals surface area contributed by atoms with Gasteiger partial charge in [0.05, 0.1) is 12.8 Å². The Morgan fingerprint density at radius 3 is 2.43 bits per heavy atom. The second kappa shape index (κ2) is 7.47. The molecule has 0 spiro atoms. The summed E-state index contributed by atoms with van der Waals surface area (Å²) in [7, 11) is 0. The highest BCUT2D eigenvalue weighted by Crippen LogP contribution is 1.99. The Labute approximate surface area is 123 Å². The quantitative estimate of drug-likeness (QED) is 0.708. The first-order valence-electron chi connectivity index (χ1n) is 6.67. The number of hydrogen-bond donors (Lipinski definition) is 3. The second-order valence-corrected chi connectivity index (χ2v) is 5.56. The number of rotatable bonds is 6. The van der Waals surface area contributed by atoms with Crippen LogP contribution in [0, 0.1) is 0 Å². The van der Waals surface area contributed by atoms with Gasteiger partial charge >= 0.3 is 0 Å². The van der Waals surface area contributed by atoms with Gasteiger partial charge in [-0.3, -0.25) is 14.4 Å². The van der Waals surface area contributed by atoms with Crippen LogP contribution in [0.4, 0.5) is 0 Å². The number of nitrogens with one attached hydrogen (secondary N) is 3. The van der Waals surface area contributed by atoms with Gasteiger partial charge in [-0.15, -0.1) is 0 Å². The van der Waals surface area contributed by atoms with Gasteiger partial charge in [0.2, 0.25) is 11.8 Å². The Morgan fingerprint density at radius 1 is 1.14 bits per heavy atom. The van der Waals surface area contributed by atoms with Gasteiger partial charge in [0.1, 0.15) is 0 Å². The van der Waals surface area contributed by atoms with Gasteiger partial charge in [0.25, 0.3) is 5.91 Å². The van der Waals surface area contributed by atoms with Crippen LogP contribution in [0.15, 0.2) is 22.8 Å². The average Bonchev–Trinajstić information content (AvgIpc) is 2.88. The van der Waals surface area contributed by atoms with Crippen LogP contribution in [0.5, 0.6) is 0 Å². The van der Waals surface area contributed by atoms with E-state index in [1.165, 1.54) is 12.3 Å². The van der Waals surface area contributed by atoms with E-state index < -0.39 is 0 Å². The standard InChI is InChI=1S/C14H21N3O4/c1-14(2,3)17-12(19)9-16-11(18)6-7-15-13(20)10-5-4-8-21-10/h4-5,8H,6-7,9H2,1-3H3,(H,15,20)(H,16,18)(H,17,19). The van der Waals surface area contributed by atoms with Crippen molar-refractivity contribution in [2.75, 3.05) is 13.1 Å². The smallest absolute Gasteiger partial charge is 0.286 e. The fraction of sp³-hybridized carbons (Fsp3) is 0.500. The first-order valence-corrected chi connectivity index (χ1v) is 6.67. The topological polar surface area (TPSA) is 100 Å². The van der Waals surface area contributed by atoms with Crippen molar-refractivity contribution in [1.29, 1.82) is 0 Å². The van der Waals surface area contributed by atoms with Gasteiger partial charge in [0, 0.05) is 18.5 Å². The Hall–Kier alpha value is -2.31. The molecule has 0 aliphatic heterocycles. The average molecular weight is 295 g/mol. The molecule has 21 heavy (non-hydrogen) atoms. The van der Waals surface area contributed by atoms with Crippen LogP contribution in [0.2, 0.25) is 0 Å². The van der Waals surface area contributed by atoms with Crippen LogP contribution in [-0.2, 0) is 9.59 Å². The van der Waals surface area contributed by atoms with Gasteiger partial charge in [-0.05, 0) is 32.9 Å². The first kappa shape index (κ1) is 16.7. The van der Waals surface area contributed by atoms with Gasteiger partial charge in [-0.25, -0.2) is 0 Å². The monoisotopic (exact) mass is 295 g/mol. The second-order valence-electron chi connectivity index (χ2n) is 5.56. The summed E-state index contributed by atoms with van der Waals surface area (Å²) in [5, 5.41) is 7.77. The fourth-order valence-corrected chi connectivity index (χ4v) is 1.51. The molecule has 1 aromatic rings. The SMILES string of the molecule is CC(C)(C)NC(=O)CNC(=O)CCNC(=O)c1ccco1. The van der Waals surface area contributed by atoms with Crippen molar-refractivity contribution in [2.24, 2.45) is 0 Å². The zero-order valence-electron chi connectivity index (χ0n) is 12.5. The third-order valence-electron chi connectivity index (χ3n) is 2.34. The van der Waals surface area contributed by atoms with Crippen LogP contribution in [0.3, 0.4) is 0 Å². The molecule has 0 unspecified atom stereocenters. The van der Waals surface area contributed by atoms with Crippen molar-refractivity contribution in [3.05, 3.63) is 24.2 Å². The minimum absolute atomic E-state index is 0.0811. The fourth-order valence-electron chi connectivity index (χ4n) is 1.51. The lowest BCUT2D eigenvalue weighted by Crippen LogP contribution is -2.46. The largest absolute Gasteiger partial charge is 0.459 e. The lowest BCUT2D eigenvalue weighted by molar-refractivity contribution is -0.126. The van der Waals surface area contributed by atoms with E-state index >= 15 is 0 Å². The maximum absolute atomic E-state index is 11.5. The zero-order chi connectivity index (χ0) is 15.9. The molecule has 0 aromatic carbocycles. The minimum Gasteiger partial charge on any atom is -0.459 e. The summed E-state index contributed by atoms with van der Waals surface area (Å²) in [4.78, 5) is 34.5. The van der Waals surface area contributed by atoms with E-state index in [0.29, 0.717) is 0 Å². The molecule has 7 nitrogen and oxygen atoms in total. The highest BCUT2D eigenvalue weighted by atomic mass is 16.3. The number of hydrogen-bond acceptors (Lipinski definition) is 4. The highest BCUT2D eigenvalue weighted by molar-refractivity contribution is 5.91. The third-order valence-corrected chi connectivity index (χ3v) is 2.34. The number of carbonyl (C=O) groups excluding carboxylic acids is 3. The van der Waals surface area contributed by atoms with Crippen molar-refractivity contribution in [3.8, 4) is 0 Å². The molecule has 1 heterocycles. The lowest BCUT2D eigenvalue weighted by Gasteiger charge is -2.20. The number of furan rings is 1. The summed E-state index contributed by atoms with van der Waals surface area (Å²) in [6.45, 7) is 5.67. The normalized spacial score (nSPS) is 10.8. The molecule has 116 valence electrons. The lowest BCUT2D eigenvalue weighted by atomic mass is 10.1. The van der Waals surface area contributed by atoms with Crippen LogP contribution in [0.25, 0.3) is 0 Å². The minimum atomic E-state index is -0.377. The summed E-state index contributed by atoms with van der Waals surface area (Å²) in [6, 6.07) is 3.14. The molecule has 1 aromatic heterocycles. The molecule has 7 heteroatoms. The molecule has 3 amide bonds. The Balaban J connectivity index is 2.17. The van der Waals surface area contributed by atoms with Crippen LogP contribution in [-0.4, -0.2) is 36.3 Å². The molecule has 0 aliphatic carbocycles. The van der Waals surface area contributed by atoms with Gasteiger partial charge in [-0.1, -0.05) is 0 Å². The predicted molar refractivity (Wildman–Crippen MR) is 76.6 cm³/mol. The molecule has 0 radical (unpaired) electrons. The van der Waals surface area contributed by atoms with Gasteiger partial charge < -0.3 is 20.4 Å². The Morgan fingerprint density at radius 2 is 1.86 bits per heavy atom. The van der Waals surface area contributed by atoms with E-state index in [2.05, 4.69) is 16.0 Å². The molecule has 1 rings (SSSR count). The molecule has 0 saturated carbocycles. The zero-order valence-corrected chi connectivity index (χ0v) is 12.5. The van der Waals surface area contributed by atoms with Crippen molar-refractivity contribution in [1.82, 2.24) is 16.0 Å². The van der Waals surface area contributed by atoms with Crippen LogP contribution >= 0.6 is 0 Å². The molecule has 0 bridgehead atoms. The molecule has 0 fully saturated rings.